The quantitative estimate of drug-likeness (QED) is 0.756. The molecule has 0 aliphatic heterocycles. The Morgan fingerprint density at radius 3 is 2.62 bits per heavy atom. The van der Waals surface area contributed by atoms with Gasteiger partial charge in [-0.05, 0) is 55.0 Å². The summed E-state index contributed by atoms with van der Waals surface area (Å²) in [6.07, 6.45) is 0. The highest BCUT2D eigenvalue weighted by atomic mass is 32.1. The number of carboxylic acids is 1. The molecule has 0 fully saturated rings. The van der Waals surface area contributed by atoms with Gasteiger partial charge in [0.25, 0.3) is 0 Å². The molecule has 0 unspecified atom stereocenters. The summed E-state index contributed by atoms with van der Waals surface area (Å²) < 4.78 is 13.1. The predicted molar refractivity (Wildman–Crippen MR) is 84.4 cm³/mol. The lowest BCUT2D eigenvalue weighted by molar-refractivity contribution is 0.0697. The molecule has 6 heteroatoms. The summed E-state index contributed by atoms with van der Waals surface area (Å²) in [6.45, 7) is 1.83. The summed E-state index contributed by atoms with van der Waals surface area (Å²) in [5, 5.41) is 15.0. The maximum absolute atomic E-state index is 13.1. The number of carbonyl (C=O) groups is 1. The van der Waals surface area contributed by atoms with Gasteiger partial charge in [-0.15, -0.1) is 0 Å². The van der Waals surface area contributed by atoms with E-state index in [4.69, 9.17) is 17.3 Å². The maximum Gasteiger partial charge on any atom is 0.335 e. The zero-order valence-corrected chi connectivity index (χ0v) is 12.0. The second kappa shape index (κ2) is 6.32. The van der Waals surface area contributed by atoms with Crippen LogP contribution in [0.1, 0.15) is 15.9 Å². The van der Waals surface area contributed by atoms with Gasteiger partial charge in [-0.3, -0.25) is 0 Å². The first-order chi connectivity index (χ1) is 9.95. The minimum atomic E-state index is -1.01. The lowest BCUT2D eigenvalue weighted by Crippen LogP contribution is -2.20. The van der Waals surface area contributed by atoms with Gasteiger partial charge in [0.05, 0.1) is 5.56 Å². The monoisotopic (exact) mass is 304 g/mol. The largest absolute Gasteiger partial charge is 0.478 e. The SMILES string of the molecule is Cc1ccc(C(=O)O)cc1NC(=S)Nc1cccc(F)c1. The van der Waals surface area contributed by atoms with Gasteiger partial charge in [-0.1, -0.05) is 12.1 Å². The fourth-order valence-corrected chi connectivity index (χ4v) is 1.97. The number of carboxylic acid groups (broad SMARTS) is 1. The van der Waals surface area contributed by atoms with Crippen LogP contribution in [0.25, 0.3) is 0 Å². The van der Waals surface area contributed by atoms with Gasteiger partial charge in [0, 0.05) is 11.4 Å². The van der Waals surface area contributed by atoms with E-state index in [2.05, 4.69) is 10.6 Å². The fourth-order valence-electron chi connectivity index (χ4n) is 1.74. The molecule has 4 nitrogen and oxygen atoms in total. The molecule has 0 bridgehead atoms. The molecule has 0 aromatic heterocycles. The summed E-state index contributed by atoms with van der Waals surface area (Å²) in [5.41, 5.74) is 2.11. The third-order valence-electron chi connectivity index (χ3n) is 2.82. The van der Waals surface area contributed by atoms with E-state index >= 15 is 0 Å². The molecule has 0 aliphatic rings. The maximum atomic E-state index is 13.1. The van der Waals surface area contributed by atoms with Crippen molar-refractivity contribution in [3.8, 4) is 0 Å². The molecule has 2 rings (SSSR count). The van der Waals surface area contributed by atoms with Gasteiger partial charge in [-0.25, -0.2) is 9.18 Å². The number of aromatic carboxylic acids is 1. The molecule has 0 saturated heterocycles. The minimum absolute atomic E-state index is 0.164. The molecule has 2 aromatic carbocycles. The van der Waals surface area contributed by atoms with Gasteiger partial charge < -0.3 is 15.7 Å². The van der Waals surface area contributed by atoms with Gasteiger partial charge in [-0.2, -0.15) is 0 Å². The van der Waals surface area contributed by atoms with Crippen LogP contribution in [0.4, 0.5) is 15.8 Å². The lowest BCUT2D eigenvalue weighted by atomic mass is 10.1. The third-order valence-corrected chi connectivity index (χ3v) is 3.02. The van der Waals surface area contributed by atoms with Crippen molar-refractivity contribution < 1.29 is 14.3 Å². The highest BCUT2D eigenvalue weighted by molar-refractivity contribution is 7.80. The molecule has 108 valence electrons. The van der Waals surface area contributed by atoms with Crippen molar-refractivity contribution in [1.29, 1.82) is 0 Å². The summed E-state index contributed by atoms with van der Waals surface area (Å²) in [4.78, 5) is 11.0. The molecular formula is C15H13FN2O2S. The number of hydrogen-bond acceptors (Lipinski definition) is 2. The van der Waals surface area contributed by atoms with Gasteiger partial charge in [0.2, 0.25) is 0 Å². The van der Waals surface area contributed by atoms with Gasteiger partial charge >= 0.3 is 5.97 Å². The van der Waals surface area contributed by atoms with E-state index < -0.39 is 5.97 Å². The van der Waals surface area contributed by atoms with Crippen LogP contribution in [0.15, 0.2) is 42.5 Å². The van der Waals surface area contributed by atoms with Crippen LogP contribution in [0.2, 0.25) is 0 Å². The summed E-state index contributed by atoms with van der Waals surface area (Å²) in [6, 6.07) is 10.6. The Morgan fingerprint density at radius 1 is 1.19 bits per heavy atom. The van der Waals surface area contributed by atoms with Crippen LogP contribution in [-0.2, 0) is 0 Å². The minimum Gasteiger partial charge on any atom is -0.478 e. The first kappa shape index (κ1) is 14.9. The molecule has 2 aromatic rings. The third kappa shape index (κ3) is 4.00. The fraction of sp³-hybridized carbons (Fsp3) is 0.0667. The number of aryl methyl sites for hydroxylation is 1. The van der Waals surface area contributed by atoms with Crippen LogP contribution in [-0.4, -0.2) is 16.2 Å². The molecule has 0 aliphatic carbocycles. The normalized spacial score (nSPS) is 10.0. The Morgan fingerprint density at radius 2 is 1.95 bits per heavy atom. The van der Waals surface area contributed by atoms with Crippen LogP contribution < -0.4 is 10.6 Å². The number of nitrogens with one attached hydrogen (secondary N) is 2. The number of hydrogen-bond donors (Lipinski definition) is 3. The highest BCUT2D eigenvalue weighted by Gasteiger charge is 2.07. The van der Waals surface area contributed by atoms with Gasteiger partial charge in [0.15, 0.2) is 5.11 Å². The Kier molecular flexibility index (Phi) is 4.49. The highest BCUT2D eigenvalue weighted by Crippen LogP contribution is 2.18. The molecule has 21 heavy (non-hydrogen) atoms. The molecule has 3 N–H and O–H groups in total. The van der Waals surface area contributed by atoms with E-state index in [9.17, 15) is 9.18 Å². The van der Waals surface area contributed by atoms with Crippen molar-refractivity contribution in [2.45, 2.75) is 6.92 Å². The van der Waals surface area contributed by atoms with Crippen LogP contribution in [0.3, 0.4) is 0 Å². The van der Waals surface area contributed by atoms with Crippen molar-refractivity contribution in [3.63, 3.8) is 0 Å². The van der Waals surface area contributed by atoms with Crippen molar-refractivity contribution >= 4 is 34.7 Å². The Balaban J connectivity index is 2.12. The summed E-state index contributed by atoms with van der Waals surface area (Å²) >= 11 is 5.14. The number of benzene rings is 2. The first-order valence-electron chi connectivity index (χ1n) is 6.13. The standard InChI is InChI=1S/C15H13FN2O2S/c1-9-5-6-10(14(19)20)7-13(9)18-15(21)17-12-4-2-3-11(16)8-12/h2-8H,1H3,(H,19,20)(H2,17,18,21). The predicted octanol–water partition coefficient (Wildman–Crippen LogP) is 3.64. The van der Waals surface area contributed by atoms with E-state index in [1.54, 1.807) is 18.2 Å². The van der Waals surface area contributed by atoms with Crippen LogP contribution in [0, 0.1) is 12.7 Å². The first-order valence-corrected chi connectivity index (χ1v) is 6.54. The summed E-state index contributed by atoms with van der Waals surface area (Å²) in [5.74, 6) is -1.38. The number of thiocarbonyl (C=S) groups is 1. The lowest BCUT2D eigenvalue weighted by Gasteiger charge is -2.13. The average Bonchev–Trinajstić information content (AvgIpc) is 2.41. The van der Waals surface area contributed by atoms with Crippen molar-refractivity contribution in [2.24, 2.45) is 0 Å². The number of rotatable bonds is 3. The Bertz CT molecular complexity index is 704. The molecule has 0 radical (unpaired) electrons. The van der Waals surface area contributed by atoms with Crippen molar-refractivity contribution in [2.75, 3.05) is 10.6 Å². The smallest absolute Gasteiger partial charge is 0.335 e. The van der Waals surface area contributed by atoms with E-state index in [-0.39, 0.29) is 16.5 Å². The zero-order valence-electron chi connectivity index (χ0n) is 11.2. The van der Waals surface area contributed by atoms with Crippen molar-refractivity contribution in [3.05, 3.63) is 59.4 Å². The van der Waals surface area contributed by atoms with E-state index in [0.29, 0.717) is 11.4 Å². The topological polar surface area (TPSA) is 61.4 Å². The molecule has 0 atom stereocenters. The molecular weight excluding hydrogens is 291 g/mol. The van der Waals surface area contributed by atoms with Gasteiger partial charge in [0.1, 0.15) is 5.82 Å². The van der Waals surface area contributed by atoms with Crippen LogP contribution in [0.5, 0.6) is 0 Å². The zero-order chi connectivity index (χ0) is 15.4. The molecule has 0 spiro atoms. The van der Waals surface area contributed by atoms with Crippen LogP contribution >= 0.6 is 12.2 Å². The van der Waals surface area contributed by atoms with Crippen molar-refractivity contribution in [1.82, 2.24) is 0 Å². The van der Waals surface area contributed by atoms with E-state index in [0.717, 1.165) is 5.56 Å². The molecule has 0 saturated carbocycles. The Hall–Kier alpha value is -2.47. The van der Waals surface area contributed by atoms with E-state index in [1.807, 2.05) is 6.92 Å². The Labute approximate surface area is 126 Å². The number of halogens is 1. The second-order valence-electron chi connectivity index (χ2n) is 4.42. The molecule has 0 amide bonds. The second-order valence-corrected chi connectivity index (χ2v) is 4.83. The average molecular weight is 304 g/mol. The molecule has 0 heterocycles. The number of anilines is 2. The van der Waals surface area contributed by atoms with E-state index in [1.165, 1.54) is 24.3 Å². The summed E-state index contributed by atoms with van der Waals surface area (Å²) in [7, 11) is 0.